The van der Waals surface area contributed by atoms with Gasteiger partial charge in [-0.2, -0.15) is 0 Å². The first-order valence-electron chi connectivity index (χ1n) is 14.8. The van der Waals surface area contributed by atoms with E-state index in [1.165, 1.54) is 32.1 Å². The predicted octanol–water partition coefficient (Wildman–Crippen LogP) is 4.81. The minimum Gasteiger partial charge on any atom is -0.349 e. The maximum Gasteiger partial charge on any atom is 0.252 e. The van der Waals surface area contributed by atoms with Gasteiger partial charge in [0.25, 0.3) is 5.91 Å². The number of hydrogen-bond acceptors (Lipinski definition) is 5. The van der Waals surface area contributed by atoms with Crippen molar-refractivity contribution in [2.45, 2.75) is 51.6 Å². The number of rotatable bonds is 8. The Morgan fingerprint density at radius 3 is 2.33 bits per heavy atom. The highest BCUT2D eigenvalue weighted by atomic mass is 16.2. The van der Waals surface area contributed by atoms with E-state index in [0.29, 0.717) is 32.1 Å². The molecule has 1 saturated heterocycles. The van der Waals surface area contributed by atoms with Crippen LogP contribution in [0.2, 0.25) is 0 Å². The molecule has 1 aromatic heterocycles. The lowest BCUT2D eigenvalue weighted by molar-refractivity contribution is -0.133. The molecule has 0 unspecified atom stereocenters. The SMILES string of the molecule is C[C@H](NC(=O)c1c(CN2CCN(C(=O)CN(C)C)CC2)c(-c2ccccc2)nc2ccccc12)C1CCCCC1. The van der Waals surface area contributed by atoms with E-state index in [-0.39, 0.29) is 17.9 Å². The van der Waals surface area contributed by atoms with E-state index in [0.717, 1.165) is 46.4 Å². The molecule has 0 radical (unpaired) electrons. The van der Waals surface area contributed by atoms with Gasteiger partial charge in [-0.3, -0.25) is 14.5 Å². The summed E-state index contributed by atoms with van der Waals surface area (Å²) in [6.45, 7) is 6.11. The summed E-state index contributed by atoms with van der Waals surface area (Å²) in [7, 11) is 3.85. The van der Waals surface area contributed by atoms with Crippen LogP contribution >= 0.6 is 0 Å². The Balaban J connectivity index is 1.49. The molecule has 2 fully saturated rings. The van der Waals surface area contributed by atoms with E-state index >= 15 is 0 Å². The number of aromatic nitrogens is 1. The van der Waals surface area contributed by atoms with Crippen molar-refractivity contribution in [3.05, 3.63) is 65.7 Å². The number of carbonyl (C=O) groups is 2. The summed E-state index contributed by atoms with van der Waals surface area (Å²) >= 11 is 0. The molecule has 5 rings (SSSR count). The molecule has 2 heterocycles. The predicted molar refractivity (Wildman–Crippen MR) is 161 cm³/mol. The van der Waals surface area contributed by atoms with Crippen LogP contribution in [0.25, 0.3) is 22.2 Å². The third kappa shape index (κ3) is 6.53. The highest BCUT2D eigenvalue weighted by Gasteiger charge is 2.28. The summed E-state index contributed by atoms with van der Waals surface area (Å²) in [5.41, 5.74) is 4.41. The van der Waals surface area contributed by atoms with Crippen LogP contribution in [0.3, 0.4) is 0 Å². The molecule has 3 aromatic rings. The normalized spacial score (nSPS) is 17.8. The largest absolute Gasteiger partial charge is 0.349 e. The molecule has 7 nitrogen and oxygen atoms in total. The minimum atomic E-state index is -0.0105. The maximum absolute atomic E-state index is 14.2. The number of pyridine rings is 1. The van der Waals surface area contributed by atoms with Gasteiger partial charge < -0.3 is 15.1 Å². The Morgan fingerprint density at radius 2 is 1.62 bits per heavy atom. The third-order valence-corrected chi connectivity index (χ3v) is 8.54. The number of hydrogen-bond donors (Lipinski definition) is 1. The molecule has 0 spiro atoms. The number of fused-ring (bicyclic) bond motifs is 1. The van der Waals surface area contributed by atoms with Crippen LogP contribution < -0.4 is 5.32 Å². The lowest BCUT2D eigenvalue weighted by Gasteiger charge is -2.36. The van der Waals surface area contributed by atoms with Gasteiger partial charge in [0.15, 0.2) is 0 Å². The quantitative estimate of drug-likeness (QED) is 0.444. The molecule has 7 heteroatoms. The van der Waals surface area contributed by atoms with Crippen molar-refractivity contribution in [1.29, 1.82) is 0 Å². The number of carbonyl (C=O) groups excluding carboxylic acids is 2. The van der Waals surface area contributed by atoms with E-state index in [4.69, 9.17) is 4.98 Å². The molecular formula is C33H43N5O2. The summed E-state index contributed by atoms with van der Waals surface area (Å²) in [6.07, 6.45) is 6.14. The molecule has 2 aromatic carbocycles. The average Bonchev–Trinajstić information content (AvgIpc) is 2.97. The van der Waals surface area contributed by atoms with Gasteiger partial charge in [-0.15, -0.1) is 0 Å². The number of piperazine rings is 1. The number of benzene rings is 2. The zero-order valence-electron chi connectivity index (χ0n) is 24.2. The minimum absolute atomic E-state index is 0.0105. The fourth-order valence-corrected chi connectivity index (χ4v) is 6.28. The van der Waals surface area contributed by atoms with Crippen molar-refractivity contribution in [3.63, 3.8) is 0 Å². The molecule has 2 aliphatic rings. The Hall–Kier alpha value is -3.29. The first-order chi connectivity index (χ1) is 19.4. The van der Waals surface area contributed by atoms with Crippen LogP contribution in [0, 0.1) is 5.92 Å². The molecule has 40 heavy (non-hydrogen) atoms. The van der Waals surface area contributed by atoms with Gasteiger partial charge >= 0.3 is 0 Å². The maximum atomic E-state index is 14.2. The average molecular weight is 542 g/mol. The van der Waals surface area contributed by atoms with Crippen molar-refractivity contribution >= 4 is 22.7 Å². The molecule has 2 amide bonds. The highest BCUT2D eigenvalue weighted by molar-refractivity contribution is 6.09. The summed E-state index contributed by atoms with van der Waals surface area (Å²) in [5, 5.41) is 4.31. The van der Waals surface area contributed by atoms with Gasteiger partial charge in [-0.05, 0) is 45.8 Å². The summed E-state index contributed by atoms with van der Waals surface area (Å²) in [4.78, 5) is 38.2. The second kappa shape index (κ2) is 12.9. The molecule has 1 aliphatic heterocycles. The second-order valence-corrected chi connectivity index (χ2v) is 11.8. The van der Waals surface area contributed by atoms with Crippen LogP contribution in [-0.2, 0) is 11.3 Å². The summed E-state index contributed by atoms with van der Waals surface area (Å²) in [6, 6.07) is 18.3. The van der Waals surface area contributed by atoms with Crippen LogP contribution in [-0.4, -0.2) is 84.4 Å². The Labute approximate surface area is 238 Å². The van der Waals surface area contributed by atoms with Crippen molar-refractivity contribution in [2.75, 3.05) is 46.8 Å². The smallest absolute Gasteiger partial charge is 0.252 e. The zero-order chi connectivity index (χ0) is 28.1. The van der Waals surface area contributed by atoms with E-state index < -0.39 is 0 Å². The lowest BCUT2D eigenvalue weighted by Crippen LogP contribution is -2.50. The molecule has 1 aliphatic carbocycles. The van der Waals surface area contributed by atoms with Crippen molar-refractivity contribution in [1.82, 2.24) is 25.0 Å². The monoisotopic (exact) mass is 541 g/mol. The number of nitrogens with one attached hydrogen (secondary N) is 1. The van der Waals surface area contributed by atoms with Crippen molar-refractivity contribution < 1.29 is 9.59 Å². The summed E-state index contributed by atoms with van der Waals surface area (Å²) in [5.74, 6) is 0.679. The molecule has 1 N–H and O–H groups in total. The first kappa shape index (κ1) is 28.2. The van der Waals surface area contributed by atoms with Gasteiger partial charge in [0, 0.05) is 55.3 Å². The van der Waals surface area contributed by atoms with E-state index in [1.807, 2.05) is 66.4 Å². The van der Waals surface area contributed by atoms with Gasteiger partial charge in [-0.1, -0.05) is 67.8 Å². The highest BCUT2D eigenvalue weighted by Crippen LogP contribution is 2.33. The number of para-hydroxylation sites is 1. The standard InChI is InChI=1S/C33H43N5O2/c1-24(25-12-6-4-7-13-25)34-33(40)31-27-16-10-11-17-29(27)35-32(26-14-8-5-9-15-26)28(31)22-37-18-20-38(21-19-37)30(39)23-36(2)3/h5,8-11,14-17,24-25H,4,6-7,12-13,18-23H2,1-3H3,(H,34,40)/t24-/m0/s1. The fraction of sp³-hybridized carbons (Fsp3) is 0.485. The molecule has 212 valence electrons. The molecule has 1 atom stereocenters. The lowest BCUT2D eigenvalue weighted by atomic mass is 9.84. The summed E-state index contributed by atoms with van der Waals surface area (Å²) < 4.78 is 0. The number of likely N-dealkylation sites (N-methyl/N-ethyl adjacent to an activating group) is 1. The number of amides is 2. The van der Waals surface area contributed by atoms with Crippen LogP contribution in [0.1, 0.15) is 54.9 Å². The Morgan fingerprint density at radius 1 is 0.950 bits per heavy atom. The van der Waals surface area contributed by atoms with E-state index in [2.05, 4.69) is 29.3 Å². The molecule has 1 saturated carbocycles. The van der Waals surface area contributed by atoms with Crippen LogP contribution in [0.5, 0.6) is 0 Å². The van der Waals surface area contributed by atoms with E-state index in [1.54, 1.807) is 0 Å². The second-order valence-electron chi connectivity index (χ2n) is 11.8. The van der Waals surface area contributed by atoms with Crippen molar-refractivity contribution in [2.24, 2.45) is 5.92 Å². The first-order valence-corrected chi connectivity index (χ1v) is 14.8. The van der Waals surface area contributed by atoms with Crippen LogP contribution in [0.15, 0.2) is 54.6 Å². The van der Waals surface area contributed by atoms with E-state index in [9.17, 15) is 9.59 Å². The Kier molecular flexibility index (Phi) is 9.12. The van der Waals surface area contributed by atoms with Gasteiger partial charge in [0.05, 0.1) is 23.3 Å². The fourth-order valence-electron chi connectivity index (χ4n) is 6.28. The molecular weight excluding hydrogens is 498 g/mol. The third-order valence-electron chi connectivity index (χ3n) is 8.54. The number of nitrogens with zero attached hydrogens (tertiary/aromatic N) is 4. The van der Waals surface area contributed by atoms with Gasteiger partial charge in [0.2, 0.25) is 5.91 Å². The topological polar surface area (TPSA) is 68.8 Å². The zero-order valence-corrected chi connectivity index (χ0v) is 24.2. The van der Waals surface area contributed by atoms with Gasteiger partial charge in [0.1, 0.15) is 0 Å². The van der Waals surface area contributed by atoms with Gasteiger partial charge in [-0.25, -0.2) is 4.98 Å². The van der Waals surface area contributed by atoms with Crippen molar-refractivity contribution in [3.8, 4) is 11.3 Å². The Bertz CT molecular complexity index is 1310. The van der Waals surface area contributed by atoms with Crippen LogP contribution in [0.4, 0.5) is 0 Å². The molecule has 0 bridgehead atoms.